The Balaban J connectivity index is 1.85. The van der Waals surface area contributed by atoms with Gasteiger partial charge in [0.05, 0.1) is 12.7 Å². The molecule has 2 rings (SSSR count). The lowest BCUT2D eigenvalue weighted by Gasteiger charge is -2.23. The second kappa shape index (κ2) is 9.22. The molecule has 7 heteroatoms. The van der Waals surface area contributed by atoms with Gasteiger partial charge in [-0.05, 0) is 44.4 Å². The van der Waals surface area contributed by atoms with Crippen LogP contribution in [0, 0.1) is 6.92 Å². The second-order valence-electron chi connectivity index (χ2n) is 6.53. The van der Waals surface area contributed by atoms with Gasteiger partial charge in [0.2, 0.25) is 0 Å². The number of amides is 3. The Kier molecular flexibility index (Phi) is 7.00. The molecule has 0 aliphatic heterocycles. The monoisotopic (exact) mass is 362 g/mol. The van der Waals surface area contributed by atoms with Crippen molar-refractivity contribution in [1.29, 1.82) is 0 Å². The summed E-state index contributed by atoms with van der Waals surface area (Å²) in [5, 5.41) is 5.01. The number of methoxy groups -OCH3 is 1. The van der Waals surface area contributed by atoms with Crippen LogP contribution in [0.3, 0.4) is 0 Å². The Morgan fingerprint density at radius 2 is 1.85 bits per heavy atom. The first-order valence-corrected chi connectivity index (χ1v) is 8.87. The van der Waals surface area contributed by atoms with Crippen molar-refractivity contribution in [3.63, 3.8) is 0 Å². The Hall–Kier alpha value is -2.57. The smallest absolute Gasteiger partial charge is 0.339 e. The van der Waals surface area contributed by atoms with Crippen LogP contribution in [0.4, 0.5) is 4.79 Å². The molecule has 2 N–H and O–H groups in total. The summed E-state index contributed by atoms with van der Waals surface area (Å²) in [5.41, 5.74) is 1.16. The molecule has 1 saturated carbocycles. The van der Waals surface area contributed by atoms with Crippen LogP contribution >= 0.6 is 0 Å². The number of ether oxygens (including phenoxy) is 2. The number of hydrogen-bond acceptors (Lipinski definition) is 5. The van der Waals surface area contributed by atoms with Crippen molar-refractivity contribution in [2.24, 2.45) is 0 Å². The van der Waals surface area contributed by atoms with E-state index in [0.717, 1.165) is 31.2 Å². The van der Waals surface area contributed by atoms with Gasteiger partial charge in [-0.25, -0.2) is 9.59 Å². The lowest BCUT2D eigenvalue weighted by molar-refractivity contribution is -0.127. The van der Waals surface area contributed by atoms with E-state index in [2.05, 4.69) is 10.6 Å². The highest BCUT2D eigenvalue weighted by Gasteiger charge is 2.23. The van der Waals surface area contributed by atoms with Crippen molar-refractivity contribution in [3.8, 4) is 5.75 Å². The van der Waals surface area contributed by atoms with Crippen LogP contribution in [0.25, 0.3) is 0 Å². The summed E-state index contributed by atoms with van der Waals surface area (Å²) in [5.74, 6) is -0.757. The number of hydrogen-bond donors (Lipinski definition) is 2. The molecule has 0 bridgehead atoms. The van der Waals surface area contributed by atoms with Crippen LogP contribution in [0.5, 0.6) is 5.75 Å². The zero-order valence-corrected chi connectivity index (χ0v) is 15.5. The third-order valence-corrected chi connectivity index (χ3v) is 4.47. The van der Waals surface area contributed by atoms with E-state index in [1.807, 2.05) is 6.92 Å². The normalized spacial score (nSPS) is 15.7. The van der Waals surface area contributed by atoms with E-state index >= 15 is 0 Å². The SMILES string of the molecule is COc1cc(C(=O)O[C@H](C)C(=O)NC(=O)NC2CCCCC2)ccc1C. The lowest BCUT2D eigenvalue weighted by Crippen LogP contribution is -2.48. The Morgan fingerprint density at radius 3 is 2.50 bits per heavy atom. The van der Waals surface area contributed by atoms with Crippen LogP contribution in [-0.4, -0.2) is 37.2 Å². The van der Waals surface area contributed by atoms with Crippen molar-refractivity contribution in [2.75, 3.05) is 7.11 Å². The Bertz CT molecular complexity index is 668. The van der Waals surface area contributed by atoms with Crippen molar-refractivity contribution < 1.29 is 23.9 Å². The molecule has 1 atom stereocenters. The van der Waals surface area contributed by atoms with E-state index in [4.69, 9.17) is 9.47 Å². The number of carbonyl (C=O) groups is 3. The van der Waals surface area contributed by atoms with E-state index in [9.17, 15) is 14.4 Å². The summed E-state index contributed by atoms with van der Waals surface area (Å²) < 4.78 is 10.3. The molecule has 1 aliphatic rings. The van der Waals surface area contributed by atoms with Gasteiger partial charge in [-0.3, -0.25) is 10.1 Å². The van der Waals surface area contributed by atoms with Gasteiger partial charge in [0.25, 0.3) is 5.91 Å². The van der Waals surface area contributed by atoms with Crippen molar-refractivity contribution in [2.45, 2.75) is 58.1 Å². The van der Waals surface area contributed by atoms with E-state index in [-0.39, 0.29) is 11.6 Å². The van der Waals surface area contributed by atoms with Gasteiger partial charge in [0.1, 0.15) is 5.75 Å². The van der Waals surface area contributed by atoms with Crippen LogP contribution < -0.4 is 15.4 Å². The summed E-state index contributed by atoms with van der Waals surface area (Å²) in [7, 11) is 1.51. The van der Waals surface area contributed by atoms with Gasteiger partial charge in [-0.1, -0.05) is 25.3 Å². The minimum absolute atomic E-state index is 0.0921. The maximum atomic E-state index is 12.2. The van der Waals surface area contributed by atoms with Crippen molar-refractivity contribution in [1.82, 2.24) is 10.6 Å². The molecule has 1 aliphatic carbocycles. The molecule has 0 saturated heterocycles. The fraction of sp³-hybridized carbons (Fsp3) is 0.526. The second-order valence-corrected chi connectivity index (χ2v) is 6.53. The quantitative estimate of drug-likeness (QED) is 0.786. The minimum atomic E-state index is -1.09. The number of esters is 1. The third kappa shape index (κ3) is 5.47. The van der Waals surface area contributed by atoms with Gasteiger partial charge in [0.15, 0.2) is 6.10 Å². The van der Waals surface area contributed by atoms with Crippen LogP contribution in [0.1, 0.15) is 54.9 Å². The van der Waals surface area contributed by atoms with Gasteiger partial charge in [-0.15, -0.1) is 0 Å². The fourth-order valence-electron chi connectivity index (χ4n) is 2.91. The molecule has 0 aromatic heterocycles. The van der Waals surface area contributed by atoms with Crippen molar-refractivity contribution >= 4 is 17.9 Å². The zero-order valence-electron chi connectivity index (χ0n) is 15.5. The van der Waals surface area contributed by atoms with Crippen LogP contribution in [-0.2, 0) is 9.53 Å². The molecule has 142 valence electrons. The van der Waals surface area contributed by atoms with Gasteiger partial charge < -0.3 is 14.8 Å². The molecule has 3 amide bonds. The molecule has 0 unspecified atom stereocenters. The van der Waals surface area contributed by atoms with E-state index < -0.39 is 24.0 Å². The van der Waals surface area contributed by atoms with Crippen LogP contribution in [0.15, 0.2) is 18.2 Å². The zero-order chi connectivity index (χ0) is 19.1. The number of benzene rings is 1. The summed E-state index contributed by atoms with van der Waals surface area (Å²) in [6, 6.07) is 4.42. The molecule has 0 radical (unpaired) electrons. The molecule has 1 aromatic rings. The Morgan fingerprint density at radius 1 is 1.15 bits per heavy atom. The molecule has 0 spiro atoms. The average molecular weight is 362 g/mol. The predicted octanol–water partition coefficient (Wildman–Crippen LogP) is 2.71. The van der Waals surface area contributed by atoms with Gasteiger partial charge >= 0.3 is 12.0 Å². The first-order valence-electron chi connectivity index (χ1n) is 8.87. The van der Waals surface area contributed by atoms with Crippen molar-refractivity contribution in [3.05, 3.63) is 29.3 Å². The molecule has 1 aromatic carbocycles. The average Bonchev–Trinajstić information content (AvgIpc) is 2.62. The number of aryl methyl sites for hydroxylation is 1. The maximum absolute atomic E-state index is 12.2. The molecular weight excluding hydrogens is 336 g/mol. The number of carbonyl (C=O) groups excluding carboxylic acids is 3. The lowest BCUT2D eigenvalue weighted by atomic mass is 9.96. The summed E-state index contributed by atoms with van der Waals surface area (Å²) in [6.07, 6.45) is 4.07. The molecule has 0 heterocycles. The highest BCUT2D eigenvalue weighted by molar-refractivity contribution is 5.98. The van der Waals surface area contributed by atoms with E-state index in [1.165, 1.54) is 20.5 Å². The number of rotatable bonds is 5. The van der Waals surface area contributed by atoms with Crippen LogP contribution in [0.2, 0.25) is 0 Å². The number of urea groups is 1. The largest absolute Gasteiger partial charge is 0.496 e. The molecule has 1 fully saturated rings. The first kappa shape index (κ1) is 19.8. The van der Waals surface area contributed by atoms with E-state index in [0.29, 0.717) is 5.75 Å². The van der Waals surface area contributed by atoms with E-state index in [1.54, 1.807) is 18.2 Å². The Labute approximate surface area is 153 Å². The number of imide groups is 1. The summed E-state index contributed by atoms with van der Waals surface area (Å²) in [4.78, 5) is 36.2. The van der Waals surface area contributed by atoms with Gasteiger partial charge in [0, 0.05) is 6.04 Å². The van der Waals surface area contributed by atoms with Gasteiger partial charge in [-0.2, -0.15) is 0 Å². The maximum Gasteiger partial charge on any atom is 0.339 e. The predicted molar refractivity (Wildman–Crippen MR) is 96.2 cm³/mol. The number of nitrogens with one attached hydrogen (secondary N) is 2. The third-order valence-electron chi connectivity index (χ3n) is 4.47. The highest BCUT2D eigenvalue weighted by Crippen LogP contribution is 2.20. The topological polar surface area (TPSA) is 93.7 Å². The summed E-state index contributed by atoms with van der Waals surface area (Å²) >= 11 is 0. The molecule has 7 nitrogen and oxygen atoms in total. The molecule has 26 heavy (non-hydrogen) atoms. The molecular formula is C19H26N2O5. The highest BCUT2D eigenvalue weighted by atomic mass is 16.5. The summed E-state index contributed by atoms with van der Waals surface area (Å²) in [6.45, 7) is 3.28. The fourth-order valence-corrected chi connectivity index (χ4v) is 2.91. The standard InChI is InChI=1S/C19H26N2O5/c1-12-9-10-14(11-16(12)25-3)18(23)26-13(2)17(22)21-19(24)20-15-7-5-4-6-8-15/h9-11,13,15H,4-8H2,1-3H3,(H2,20,21,22,24)/t13-/m1/s1. The first-order chi connectivity index (χ1) is 12.4. The minimum Gasteiger partial charge on any atom is -0.496 e.